The van der Waals surface area contributed by atoms with Crippen molar-refractivity contribution >= 4 is 11.5 Å². The first-order chi connectivity index (χ1) is 8.74. The molecule has 1 unspecified atom stereocenters. The highest BCUT2D eigenvalue weighted by Gasteiger charge is 2.10. The quantitative estimate of drug-likeness (QED) is 0.852. The van der Waals surface area contributed by atoms with Crippen molar-refractivity contribution in [1.82, 2.24) is 14.6 Å². The highest BCUT2D eigenvalue weighted by Crippen LogP contribution is 2.15. The minimum atomic E-state index is 0.300. The fraction of sp³-hybridized carbons (Fsp3) is 0.538. The number of nitrogens with zero attached hydrogens (tertiary/aromatic N) is 3. The SMILES string of the molecule is CCCC(COC)Nc1cc(C)cc2ncnn12. The lowest BCUT2D eigenvalue weighted by Crippen LogP contribution is -2.26. The Morgan fingerprint density at radius 2 is 2.28 bits per heavy atom. The van der Waals surface area contributed by atoms with E-state index in [2.05, 4.69) is 35.3 Å². The molecule has 2 heterocycles. The lowest BCUT2D eigenvalue weighted by Gasteiger charge is -2.19. The van der Waals surface area contributed by atoms with Gasteiger partial charge in [0, 0.05) is 7.11 Å². The Morgan fingerprint density at radius 3 is 3.00 bits per heavy atom. The number of fused-ring (bicyclic) bond motifs is 1. The molecule has 0 aliphatic carbocycles. The molecular formula is C13H20N4O. The van der Waals surface area contributed by atoms with Gasteiger partial charge in [0.15, 0.2) is 5.65 Å². The van der Waals surface area contributed by atoms with Crippen LogP contribution >= 0.6 is 0 Å². The molecule has 0 radical (unpaired) electrons. The Balaban J connectivity index is 2.26. The Bertz CT molecular complexity index is 503. The zero-order chi connectivity index (χ0) is 13.0. The molecule has 0 bridgehead atoms. The van der Waals surface area contributed by atoms with E-state index in [0.717, 1.165) is 24.3 Å². The van der Waals surface area contributed by atoms with E-state index in [-0.39, 0.29) is 0 Å². The summed E-state index contributed by atoms with van der Waals surface area (Å²) < 4.78 is 7.07. The van der Waals surface area contributed by atoms with Crippen molar-refractivity contribution < 1.29 is 4.74 Å². The Labute approximate surface area is 107 Å². The number of nitrogens with one attached hydrogen (secondary N) is 1. The smallest absolute Gasteiger partial charge is 0.157 e. The summed E-state index contributed by atoms with van der Waals surface area (Å²) in [5.41, 5.74) is 2.04. The summed E-state index contributed by atoms with van der Waals surface area (Å²) in [6, 6.07) is 4.40. The summed E-state index contributed by atoms with van der Waals surface area (Å²) in [4.78, 5) is 4.22. The van der Waals surface area contributed by atoms with Gasteiger partial charge in [-0.15, -0.1) is 0 Å². The van der Waals surface area contributed by atoms with E-state index < -0.39 is 0 Å². The van der Waals surface area contributed by atoms with E-state index in [1.165, 1.54) is 5.56 Å². The maximum absolute atomic E-state index is 5.24. The lowest BCUT2D eigenvalue weighted by molar-refractivity contribution is 0.182. The monoisotopic (exact) mass is 248 g/mol. The highest BCUT2D eigenvalue weighted by atomic mass is 16.5. The topological polar surface area (TPSA) is 51.5 Å². The molecular weight excluding hydrogens is 228 g/mol. The van der Waals surface area contributed by atoms with Crippen molar-refractivity contribution in [3.63, 3.8) is 0 Å². The largest absolute Gasteiger partial charge is 0.383 e. The van der Waals surface area contributed by atoms with Crippen molar-refractivity contribution in [2.45, 2.75) is 32.7 Å². The van der Waals surface area contributed by atoms with E-state index in [9.17, 15) is 0 Å². The van der Waals surface area contributed by atoms with Crippen molar-refractivity contribution in [2.75, 3.05) is 19.0 Å². The van der Waals surface area contributed by atoms with Crippen LogP contribution in [0.5, 0.6) is 0 Å². The van der Waals surface area contributed by atoms with Crippen LogP contribution in [0.1, 0.15) is 25.3 Å². The second kappa shape index (κ2) is 5.82. The number of anilines is 1. The summed E-state index contributed by atoms with van der Waals surface area (Å²) >= 11 is 0. The van der Waals surface area contributed by atoms with Crippen LogP contribution in [0, 0.1) is 6.92 Å². The van der Waals surface area contributed by atoms with Gasteiger partial charge in [0.1, 0.15) is 12.1 Å². The van der Waals surface area contributed by atoms with Gasteiger partial charge in [-0.05, 0) is 31.0 Å². The molecule has 0 spiro atoms. The molecule has 18 heavy (non-hydrogen) atoms. The molecule has 0 saturated heterocycles. The Kier molecular flexibility index (Phi) is 4.15. The van der Waals surface area contributed by atoms with Gasteiger partial charge < -0.3 is 10.1 Å². The average Bonchev–Trinajstić information content (AvgIpc) is 2.77. The first-order valence-electron chi connectivity index (χ1n) is 6.30. The molecule has 0 aliphatic rings. The van der Waals surface area contributed by atoms with E-state index in [1.807, 2.05) is 10.6 Å². The molecule has 0 fully saturated rings. The summed E-state index contributed by atoms with van der Waals surface area (Å²) in [5.74, 6) is 0.970. The minimum absolute atomic E-state index is 0.300. The molecule has 1 atom stereocenters. The Hall–Kier alpha value is -1.62. The van der Waals surface area contributed by atoms with Gasteiger partial charge in [-0.2, -0.15) is 9.61 Å². The summed E-state index contributed by atoms with van der Waals surface area (Å²) in [5, 5.41) is 7.72. The van der Waals surface area contributed by atoms with Gasteiger partial charge in [0.05, 0.1) is 12.6 Å². The number of aryl methyl sites for hydroxylation is 1. The second-order valence-corrected chi connectivity index (χ2v) is 4.53. The van der Waals surface area contributed by atoms with Crippen molar-refractivity contribution in [1.29, 1.82) is 0 Å². The fourth-order valence-electron chi connectivity index (χ4n) is 2.12. The predicted octanol–water partition coefficient (Wildman–Crippen LogP) is 2.26. The number of methoxy groups -OCH3 is 1. The van der Waals surface area contributed by atoms with E-state index in [4.69, 9.17) is 4.74 Å². The zero-order valence-electron chi connectivity index (χ0n) is 11.2. The molecule has 0 aromatic carbocycles. The number of aromatic nitrogens is 3. The maximum Gasteiger partial charge on any atom is 0.157 e. The fourth-order valence-corrected chi connectivity index (χ4v) is 2.12. The van der Waals surface area contributed by atoms with E-state index in [0.29, 0.717) is 12.6 Å². The van der Waals surface area contributed by atoms with Crippen LogP contribution in [0.3, 0.4) is 0 Å². The molecule has 0 aliphatic heterocycles. The highest BCUT2D eigenvalue weighted by molar-refractivity contribution is 5.51. The average molecular weight is 248 g/mol. The number of hydrogen-bond donors (Lipinski definition) is 1. The van der Waals surface area contributed by atoms with Crippen LogP contribution in [-0.2, 0) is 4.74 Å². The molecule has 2 aromatic rings. The molecule has 2 aromatic heterocycles. The number of hydrogen-bond acceptors (Lipinski definition) is 4. The zero-order valence-corrected chi connectivity index (χ0v) is 11.2. The standard InChI is InChI=1S/C13H20N4O/c1-4-5-11(8-18-3)16-13-7-10(2)6-12-14-9-15-17(12)13/h6-7,9,11,16H,4-5,8H2,1-3H3. The Morgan fingerprint density at radius 1 is 1.44 bits per heavy atom. The van der Waals surface area contributed by atoms with E-state index >= 15 is 0 Å². The predicted molar refractivity (Wildman–Crippen MR) is 71.9 cm³/mol. The van der Waals surface area contributed by atoms with Gasteiger partial charge >= 0.3 is 0 Å². The third-order valence-corrected chi connectivity index (χ3v) is 2.88. The third-order valence-electron chi connectivity index (χ3n) is 2.88. The van der Waals surface area contributed by atoms with Crippen molar-refractivity contribution in [3.8, 4) is 0 Å². The molecule has 1 N–H and O–H groups in total. The number of pyridine rings is 1. The molecule has 2 rings (SSSR count). The van der Waals surface area contributed by atoms with Crippen LogP contribution in [0.2, 0.25) is 0 Å². The van der Waals surface area contributed by atoms with Gasteiger partial charge in [-0.1, -0.05) is 13.3 Å². The molecule has 0 saturated carbocycles. The maximum atomic E-state index is 5.24. The van der Waals surface area contributed by atoms with Crippen LogP contribution in [-0.4, -0.2) is 34.4 Å². The first kappa shape index (κ1) is 12.8. The third kappa shape index (κ3) is 2.79. The van der Waals surface area contributed by atoms with Crippen molar-refractivity contribution in [3.05, 3.63) is 24.0 Å². The van der Waals surface area contributed by atoms with Crippen LogP contribution < -0.4 is 5.32 Å². The minimum Gasteiger partial charge on any atom is -0.383 e. The summed E-state index contributed by atoms with van der Waals surface area (Å²) in [6.07, 6.45) is 3.76. The van der Waals surface area contributed by atoms with Gasteiger partial charge in [0.2, 0.25) is 0 Å². The molecule has 0 amide bonds. The van der Waals surface area contributed by atoms with Gasteiger partial charge in [-0.3, -0.25) is 0 Å². The molecule has 5 heteroatoms. The number of rotatable bonds is 6. The summed E-state index contributed by atoms with van der Waals surface area (Å²) in [7, 11) is 1.73. The van der Waals surface area contributed by atoms with E-state index in [1.54, 1.807) is 13.4 Å². The molecule has 98 valence electrons. The number of ether oxygens (including phenoxy) is 1. The van der Waals surface area contributed by atoms with Crippen LogP contribution in [0.15, 0.2) is 18.5 Å². The first-order valence-corrected chi connectivity index (χ1v) is 6.30. The van der Waals surface area contributed by atoms with Crippen LogP contribution in [0.25, 0.3) is 5.65 Å². The second-order valence-electron chi connectivity index (χ2n) is 4.53. The van der Waals surface area contributed by atoms with Gasteiger partial charge in [-0.25, -0.2) is 4.98 Å². The normalized spacial score (nSPS) is 12.8. The lowest BCUT2D eigenvalue weighted by atomic mass is 10.2. The molecule has 5 nitrogen and oxygen atoms in total. The van der Waals surface area contributed by atoms with Gasteiger partial charge in [0.25, 0.3) is 0 Å². The van der Waals surface area contributed by atoms with Crippen LogP contribution in [0.4, 0.5) is 5.82 Å². The summed E-state index contributed by atoms with van der Waals surface area (Å²) in [6.45, 7) is 4.93. The van der Waals surface area contributed by atoms with Crippen molar-refractivity contribution in [2.24, 2.45) is 0 Å².